The van der Waals surface area contributed by atoms with Gasteiger partial charge >= 0.3 is 6.03 Å². The molecule has 1 N–H and O–H groups in total. The summed E-state index contributed by atoms with van der Waals surface area (Å²) in [6.45, 7) is 4.32. The summed E-state index contributed by atoms with van der Waals surface area (Å²) in [6, 6.07) is 16.1. The van der Waals surface area contributed by atoms with Crippen molar-refractivity contribution in [2.75, 3.05) is 30.9 Å². The molecular weight excluding hydrogens is 448 g/mol. The zero-order valence-electron chi connectivity index (χ0n) is 18.4. The second-order valence-electron chi connectivity index (χ2n) is 7.12. The van der Waals surface area contributed by atoms with Gasteiger partial charge in [0.05, 0.1) is 18.8 Å². The third-order valence-electron chi connectivity index (χ3n) is 4.53. The maximum absolute atomic E-state index is 13.2. The van der Waals surface area contributed by atoms with Gasteiger partial charge in [-0.05, 0) is 43.7 Å². The molecule has 0 saturated carbocycles. The molecule has 0 spiro atoms. The normalized spacial score (nSPS) is 11.4. The lowest BCUT2D eigenvalue weighted by atomic mass is 10.2. The highest BCUT2D eigenvalue weighted by molar-refractivity contribution is 7.91. The van der Waals surface area contributed by atoms with Crippen molar-refractivity contribution < 1.29 is 17.9 Å². The third-order valence-corrected chi connectivity index (χ3v) is 8.12. The van der Waals surface area contributed by atoms with Gasteiger partial charge in [0.2, 0.25) is 0 Å². The largest absolute Gasteiger partial charge is 0.494 e. The molecule has 2 aromatic carbocycles. The van der Waals surface area contributed by atoms with E-state index in [-0.39, 0.29) is 10.8 Å². The Bertz CT molecular complexity index is 1160. The van der Waals surface area contributed by atoms with Crippen LogP contribution in [-0.4, -0.2) is 44.4 Å². The Balaban J connectivity index is 1.93. The molecule has 0 fully saturated rings. The van der Waals surface area contributed by atoms with Crippen molar-refractivity contribution in [3.05, 3.63) is 65.9 Å². The molecule has 0 atom stereocenters. The highest BCUT2D eigenvalue weighted by atomic mass is 32.2. The monoisotopic (exact) mass is 474 g/mol. The standard InChI is InChI=1S/C22H26N4O4S2/c1-5-30-19-13-11-18(12-14-19)24-21(27)26(15-17-9-7-6-8-10-17)22-23-16(2)20(31-22)32(28,29)25(3)4/h6-14H,5,15H2,1-4H3,(H,24,27). The number of carbonyl (C=O) groups is 1. The number of carbonyl (C=O) groups excluding carboxylic acids is 1. The van der Waals surface area contributed by atoms with Crippen LogP contribution in [0.3, 0.4) is 0 Å². The van der Waals surface area contributed by atoms with Gasteiger partial charge in [-0.1, -0.05) is 41.7 Å². The number of aryl methyl sites for hydroxylation is 1. The summed E-state index contributed by atoms with van der Waals surface area (Å²) in [7, 11) is -0.737. The van der Waals surface area contributed by atoms with E-state index in [0.717, 1.165) is 21.2 Å². The lowest BCUT2D eigenvalue weighted by molar-refractivity contribution is 0.256. The van der Waals surface area contributed by atoms with Gasteiger partial charge in [0, 0.05) is 19.8 Å². The number of nitrogens with zero attached hydrogens (tertiary/aromatic N) is 3. The van der Waals surface area contributed by atoms with Gasteiger partial charge in [-0.15, -0.1) is 0 Å². The molecule has 32 heavy (non-hydrogen) atoms. The SMILES string of the molecule is CCOc1ccc(NC(=O)N(Cc2ccccc2)c2nc(C)c(S(=O)(=O)N(C)C)s2)cc1. The highest BCUT2D eigenvalue weighted by Crippen LogP contribution is 2.32. The molecular formula is C22H26N4O4S2. The summed E-state index contributed by atoms with van der Waals surface area (Å²) in [5.41, 5.74) is 1.83. The molecule has 0 aliphatic heterocycles. The predicted molar refractivity (Wildman–Crippen MR) is 127 cm³/mol. The van der Waals surface area contributed by atoms with E-state index in [4.69, 9.17) is 4.74 Å². The zero-order valence-corrected chi connectivity index (χ0v) is 20.0. The van der Waals surface area contributed by atoms with Gasteiger partial charge in [-0.2, -0.15) is 0 Å². The number of thiazole rings is 1. The predicted octanol–water partition coefficient (Wildman–Crippen LogP) is 4.34. The molecule has 0 aliphatic carbocycles. The average molecular weight is 475 g/mol. The number of rotatable bonds is 8. The average Bonchev–Trinajstić information content (AvgIpc) is 3.16. The smallest absolute Gasteiger partial charge is 0.328 e. The summed E-state index contributed by atoms with van der Waals surface area (Å²) in [6.07, 6.45) is 0. The lowest BCUT2D eigenvalue weighted by Crippen LogP contribution is -2.34. The van der Waals surface area contributed by atoms with E-state index in [1.165, 1.54) is 19.0 Å². The summed E-state index contributed by atoms with van der Waals surface area (Å²) >= 11 is 0.974. The summed E-state index contributed by atoms with van der Waals surface area (Å²) in [5.74, 6) is 0.709. The maximum atomic E-state index is 13.2. The number of hydrogen-bond acceptors (Lipinski definition) is 6. The van der Waals surface area contributed by atoms with Crippen molar-refractivity contribution in [3.8, 4) is 5.75 Å². The van der Waals surface area contributed by atoms with Crippen LogP contribution in [-0.2, 0) is 16.6 Å². The molecule has 1 aromatic heterocycles. The molecule has 0 saturated heterocycles. The molecule has 0 radical (unpaired) electrons. The van der Waals surface area contributed by atoms with E-state index < -0.39 is 16.1 Å². The second-order valence-corrected chi connectivity index (χ2v) is 10.4. The van der Waals surface area contributed by atoms with Crippen molar-refractivity contribution in [1.29, 1.82) is 0 Å². The van der Waals surface area contributed by atoms with E-state index in [1.807, 2.05) is 37.3 Å². The molecule has 3 rings (SSSR count). The fourth-order valence-corrected chi connectivity index (χ4v) is 5.52. The van der Waals surface area contributed by atoms with E-state index in [2.05, 4.69) is 10.3 Å². The fraction of sp³-hybridized carbons (Fsp3) is 0.273. The topological polar surface area (TPSA) is 91.8 Å². The molecule has 1 heterocycles. The Morgan fingerprint density at radius 1 is 1.09 bits per heavy atom. The number of aromatic nitrogens is 1. The van der Waals surface area contributed by atoms with Gasteiger partial charge < -0.3 is 10.1 Å². The molecule has 8 nitrogen and oxygen atoms in total. The first-order chi connectivity index (χ1) is 15.2. The Labute approximate surface area is 192 Å². The minimum atomic E-state index is -3.67. The van der Waals surface area contributed by atoms with Crippen LogP contribution in [0, 0.1) is 6.92 Å². The minimum absolute atomic E-state index is 0.115. The second kappa shape index (κ2) is 10.1. The number of hydrogen-bond donors (Lipinski definition) is 1. The van der Waals surface area contributed by atoms with Crippen molar-refractivity contribution in [1.82, 2.24) is 9.29 Å². The van der Waals surface area contributed by atoms with Gasteiger partial charge in [-0.25, -0.2) is 22.5 Å². The van der Waals surface area contributed by atoms with Crippen molar-refractivity contribution >= 4 is 38.2 Å². The first kappa shape index (κ1) is 23.7. The third kappa shape index (κ3) is 5.45. The van der Waals surface area contributed by atoms with Gasteiger partial charge in [0.15, 0.2) is 9.34 Å². The quantitative estimate of drug-likeness (QED) is 0.524. The number of nitrogens with one attached hydrogen (secondary N) is 1. The molecule has 0 bridgehead atoms. The van der Waals surface area contributed by atoms with E-state index in [9.17, 15) is 13.2 Å². The van der Waals surface area contributed by atoms with Crippen molar-refractivity contribution in [2.24, 2.45) is 0 Å². The number of anilines is 2. The van der Waals surface area contributed by atoms with Gasteiger partial charge in [0.1, 0.15) is 5.75 Å². The number of ether oxygens (including phenoxy) is 1. The molecule has 170 valence electrons. The number of urea groups is 1. The summed E-state index contributed by atoms with van der Waals surface area (Å²) in [5, 5.41) is 3.16. The maximum Gasteiger partial charge on any atom is 0.328 e. The Hall–Kier alpha value is -2.95. The molecule has 2 amide bonds. The molecule has 0 unspecified atom stereocenters. The number of benzene rings is 2. The van der Waals surface area contributed by atoms with Crippen molar-refractivity contribution in [3.63, 3.8) is 0 Å². The lowest BCUT2D eigenvalue weighted by Gasteiger charge is -2.21. The number of sulfonamides is 1. The minimum Gasteiger partial charge on any atom is -0.494 e. The zero-order chi connectivity index (χ0) is 23.3. The van der Waals surface area contributed by atoms with Gasteiger partial charge in [-0.3, -0.25) is 4.90 Å². The van der Waals surface area contributed by atoms with Crippen LogP contribution in [0.2, 0.25) is 0 Å². The first-order valence-corrected chi connectivity index (χ1v) is 12.2. The van der Waals surface area contributed by atoms with Crippen LogP contribution in [0.25, 0.3) is 0 Å². The molecule has 3 aromatic rings. The summed E-state index contributed by atoms with van der Waals surface area (Å²) in [4.78, 5) is 19.1. The molecule has 0 aliphatic rings. The number of amides is 2. The van der Waals surface area contributed by atoms with Crippen LogP contribution in [0.15, 0.2) is 58.8 Å². The van der Waals surface area contributed by atoms with Crippen LogP contribution >= 0.6 is 11.3 Å². The van der Waals surface area contributed by atoms with Crippen LogP contribution < -0.4 is 15.0 Å². The highest BCUT2D eigenvalue weighted by Gasteiger charge is 2.28. The Morgan fingerprint density at radius 2 is 1.75 bits per heavy atom. The van der Waals surface area contributed by atoms with Crippen LogP contribution in [0.5, 0.6) is 5.75 Å². The van der Waals surface area contributed by atoms with Crippen LogP contribution in [0.4, 0.5) is 15.6 Å². The van der Waals surface area contributed by atoms with Gasteiger partial charge in [0.25, 0.3) is 10.0 Å². The first-order valence-electron chi connectivity index (χ1n) is 9.97. The Morgan fingerprint density at radius 3 is 2.34 bits per heavy atom. The van der Waals surface area contributed by atoms with Crippen LogP contribution in [0.1, 0.15) is 18.2 Å². The fourth-order valence-electron chi connectivity index (χ4n) is 2.87. The van der Waals surface area contributed by atoms with E-state index >= 15 is 0 Å². The van der Waals surface area contributed by atoms with E-state index in [1.54, 1.807) is 31.2 Å². The van der Waals surface area contributed by atoms with E-state index in [0.29, 0.717) is 28.9 Å². The molecule has 10 heteroatoms. The Kier molecular flexibility index (Phi) is 7.49. The summed E-state index contributed by atoms with van der Waals surface area (Å²) < 4.78 is 32.0. The van der Waals surface area contributed by atoms with Crippen molar-refractivity contribution in [2.45, 2.75) is 24.6 Å².